The Balaban J connectivity index is 1.53. The molecule has 3 nitrogen and oxygen atoms in total. The van der Waals surface area contributed by atoms with Crippen molar-refractivity contribution in [2.45, 2.75) is 25.6 Å². The average Bonchev–Trinajstić information content (AvgIpc) is 2.62. The molecule has 0 spiro atoms. The number of nitrogens with zero attached hydrogens (tertiary/aromatic N) is 1. The van der Waals surface area contributed by atoms with Crippen molar-refractivity contribution in [1.29, 1.82) is 0 Å². The van der Waals surface area contributed by atoms with Gasteiger partial charge in [-0.05, 0) is 61.8 Å². The summed E-state index contributed by atoms with van der Waals surface area (Å²) in [5, 5.41) is 3.32. The quantitative estimate of drug-likeness (QED) is 0.769. The third-order valence-electron chi connectivity index (χ3n) is 4.71. The predicted octanol–water partition coefficient (Wildman–Crippen LogP) is 5.21. The topological polar surface area (TPSA) is 32.3 Å². The summed E-state index contributed by atoms with van der Waals surface area (Å²) in [5.74, 6) is -0.424. The van der Waals surface area contributed by atoms with E-state index < -0.39 is 11.7 Å². The van der Waals surface area contributed by atoms with Crippen molar-refractivity contribution in [3.63, 3.8) is 0 Å². The summed E-state index contributed by atoms with van der Waals surface area (Å²) in [5.41, 5.74) is 0.530. The maximum atomic E-state index is 12.8. The van der Waals surface area contributed by atoms with Crippen molar-refractivity contribution >= 4 is 23.2 Å². The summed E-state index contributed by atoms with van der Waals surface area (Å²) in [6, 6.07) is 12.4. The van der Waals surface area contributed by atoms with Gasteiger partial charge in [-0.25, -0.2) is 0 Å². The number of amides is 1. The van der Waals surface area contributed by atoms with E-state index in [1.54, 1.807) is 0 Å². The lowest BCUT2D eigenvalue weighted by atomic mass is 9.95. The van der Waals surface area contributed by atoms with Crippen LogP contribution in [-0.2, 0) is 17.5 Å². The van der Waals surface area contributed by atoms with Gasteiger partial charge in [0.1, 0.15) is 0 Å². The van der Waals surface area contributed by atoms with Crippen molar-refractivity contribution in [3.05, 3.63) is 64.7 Å². The van der Waals surface area contributed by atoms with Gasteiger partial charge >= 0.3 is 6.18 Å². The highest BCUT2D eigenvalue weighted by Gasteiger charge is 2.31. The number of rotatable bonds is 4. The molecule has 1 N–H and O–H groups in total. The van der Waals surface area contributed by atoms with Crippen LogP contribution in [-0.4, -0.2) is 23.9 Å². The lowest BCUT2D eigenvalue weighted by Crippen LogP contribution is -2.37. The third-order valence-corrected chi connectivity index (χ3v) is 4.95. The summed E-state index contributed by atoms with van der Waals surface area (Å²) < 4.78 is 38.3. The summed E-state index contributed by atoms with van der Waals surface area (Å²) in [6.07, 6.45) is -3.08. The minimum atomic E-state index is -4.42. The zero-order valence-electron chi connectivity index (χ0n) is 14.6. The van der Waals surface area contributed by atoms with Gasteiger partial charge in [0.05, 0.1) is 5.56 Å². The average molecular weight is 397 g/mol. The van der Waals surface area contributed by atoms with Gasteiger partial charge < -0.3 is 5.32 Å². The second kappa shape index (κ2) is 8.31. The third kappa shape index (κ3) is 5.47. The Bertz CT molecular complexity index is 802. The molecule has 1 heterocycles. The van der Waals surface area contributed by atoms with Crippen molar-refractivity contribution in [2.24, 2.45) is 5.92 Å². The van der Waals surface area contributed by atoms with Gasteiger partial charge in [0.2, 0.25) is 5.91 Å². The number of halogens is 4. The van der Waals surface area contributed by atoms with Crippen molar-refractivity contribution in [3.8, 4) is 0 Å². The largest absolute Gasteiger partial charge is 0.416 e. The van der Waals surface area contributed by atoms with Crippen LogP contribution < -0.4 is 5.32 Å². The molecule has 1 saturated heterocycles. The number of alkyl halides is 3. The molecule has 3 rings (SSSR count). The number of hydrogen-bond acceptors (Lipinski definition) is 2. The highest BCUT2D eigenvalue weighted by molar-refractivity contribution is 6.30. The molecule has 1 aliphatic rings. The molecule has 0 unspecified atom stereocenters. The van der Waals surface area contributed by atoms with Gasteiger partial charge in [0.15, 0.2) is 0 Å². The smallest absolute Gasteiger partial charge is 0.326 e. The van der Waals surface area contributed by atoms with E-state index in [2.05, 4.69) is 10.2 Å². The van der Waals surface area contributed by atoms with Gasteiger partial charge in [-0.2, -0.15) is 13.2 Å². The molecule has 2 aromatic rings. The second-order valence-corrected chi connectivity index (χ2v) is 7.18. The lowest BCUT2D eigenvalue weighted by Gasteiger charge is -2.31. The summed E-state index contributed by atoms with van der Waals surface area (Å²) in [7, 11) is 0. The minimum Gasteiger partial charge on any atom is -0.326 e. The van der Waals surface area contributed by atoms with E-state index in [9.17, 15) is 18.0 Å². The standard InChI is InChI=1S/C20H20ClF3N2O/c21-17-5-1-3-14(11-17)13-26-9-7-15(8-10-26)19(27)25-18-6-2-4-16(12-18)20(22,23)24/h1-6,11-12,15H,7-10,13H2,(H,25,27). The number of hydrogen-bond donors (Lipinski definition) is 1. The van der Waals surface area contributed by atoms with Crippen molar-refractivity contribution in [1.82, 2.24) is 4.90 Å². The molecule has 0 atom stereocenters. The molecule has 7 heteroatoms. The summed E-state index contributed by atoms with van der Waals surface area (Å²) >= 11 is 6.00. The first-order chi connectivity index (χ1) is 12.8. The van der Waals surface area contributed by atoms with E-state index in [4.69, 9.17) is 11.6 Å². The van der Waals surface area contributed by atoms with Crippen molar-refractivity contribution in [2.75, 3.05) is 18.4 Å². The van der Waals surface area contributed by atoms with E-state index in [1.165, 1.54) is 12.1 Å². The normalized spacial score (nSPS) is 16.3. The van der Waals surface area contributed by atoms with Crippen LogP contribution in [0.25, 0.3) is 0 Å². The molecule has 1 amide bonds. The molecule has 144 valence electrons. The Hall–Kier alpha value is -2.05. The fourth-order valence-electron chi connectivity index (χ4n) is 3.26. The number of anilines is 1. The molecule has 0 aliphatic carbocycles. The van der Waals surface area contributed by atoms with E-state index in [0.29, 0.717) is 17.9 Å². The molecule has 1 aliphatic heterocycles. The number of carbonyl (C=O) groups excluding carboxylic acids is 1. The maximum Gasteiger partial charge on any atom is 0.416 e. The van der Waals surface area contributed by atoms with Crippen LogP contribution in [0.3, 0.4) is 0 Å². The molecule has 0 radical (unpaired) electrons. The first-order valence-corrected chi connectivity index (χ1v) is 9.14. The fraction of sp³-hybridized carbons (Fsp3) is 0.350. The van der Waals surface area contributed by atoms with Crippen LogP contribution in [0.2, 0.25) is 5.02 Å². The van der Waals surface area contributed by atoms with Crippen LogP contribution in [0.5, 0.6) is 0 Å². The molecule has 0 saturated carbocycles. The molecule has 0 bridgehead atoms. The Labute approximate surface area is 161 Å². The Morgan fingerprint density at radius 2 is 1.81 bits per heavy atom. The minimum absolute atomic E-state index is 0.177. The Morgan fingerprint density at radius 1 is 1.11 bits per heavy atom. The van der Waals surface area contributed by atoms with E-state index >= 15 is 0 Å². The molecule has 27 heavy (non-hydrogen) atoms. The number of benzene rings is 2. The van der Waals surface area contributed by atoms with E-state index in [0.717, 1.165) is 37.3 Å². The first-order valence-electron chi connectivity index (χ1n) is 8.76. The van der Waals surface area contributed by atoms with E-state index in [1.807, 2.05) is 24.3 Å². The van der Waals surface area contributed by atoms with Gasteiger partial charge in [-0.1, -0.05) is 29.8 Å². The zero-order valence-corrected chi connectivity index (χ0v) is 15.4. The SMILES string of the molecule is O=C(Nc1cccc(C(F)(F)F)c1)C1CCN(Cc2cccc(Cl)c2)CC1. The summed E-state index contributed by atoms with van der Waals surface area (Å²) in [4.78, 5) is 14.7. The fourth-order valence-corrected chi connectivity index (χ4v) is 3.48. The van der Waals surface area contributed by atoms with Gasteiger partial charge in [-0.3, -0.25) is 9.69 Å². The Kier molecular flexibility index (Phi) is 6.07. The van der Waals surface area contributed by atoms with Gasteiger partial charge in [0, 0.05) is 23.2 Å². The number of nitrogens with one attached hydrogen (secondary N) is 1. The van der Waals surface area contributed by atoms with Crippen LogP contribution in [0.4, 0.5) is 18.9 Å². The zero-order chi connectivity index (χ0) is 19.4. The molecule has 0 aromatic heterocycles. The van der Waals surface area contributed by atoms with Crippen LogP contribution in [0.1, 0.15) is 24.0 Å². The molecule has 2 aromatic carbocycles. The lowest BCUT2D eigenvalue weighted by molar-refractivity contribution is -0.137. The molecular formula is C20H20ClF3N2O. The van der Waals surface area contributed by atoms with Gasteiger partial charge in [0.25, 0.3) is 0 Å². The highest BCUT2D eigenvalue weighted by Crippen LogP contribution is 2.31. The summed E-state index contributed by atoms with van der Waals surface area (Å²) in [6.45, 7) is 2.28. The van der Waals surface area contributed by atoms with Gasteiger partial charge in [-0.15, -0.1) is 0 Å². The maximum absolute atomic E-state index is 12.8. The van der Waals surface area contributed by atoms with E-state index in [-0.39, 0.29) is 17.5 Å². The van der Waals surface area contributed by atoms with Crippen LogP contribution in [0, 0.1) is 5.92 Å². The monoisotopic (exact) mass is 396 g/mol. The Morgan fingerprint density at radius 3 is 2.48 bits per heavy atom. The predicted molar refractivity (Wildman–Crippen MR) is 99.5 cm³/mol. The van der Waals surface area contributed by atoms with Crippen molar-refractivity contribution < 1.29 is 18.0 Å². The molecule has 1 fully saturated rings. The van der Waals surface area contributed by atoms with Crippen LogP contribution >= 0.6 is 11.6 Å². The number of piperidine rings is 1. The number of carbonyl (C=O) groups is 1. The first kappa shape index (κ1) is 19.7. The second-order valence-electron chi connectivity index (χ2n) is 6.75. The van der Waals surface area contributed by atoms with Crippen LogP contribution in [0.15, 0.2) is 48.5 Å². The highest BCUT2D eigenvalue weighted by atomic mass is 35.5. The number of likely N-dealkylation sites (tertiary alicyclic amines) is 1. The molecular weight excluding hydrogens is 377 g/mol.